The Morgan fingerprint density at radius 2 is 2.21 bits per heavy atom. The summed E-state index contributed by atoms with van der Waals surface area (Å²) < 4.78 is 4.47. The number of carbonyl (C=O) groups is 1. The quantitative estimate of drug-likeness (QED) is 0.680. The van der Waals surface area contributed by atoms with Gasteiger partial charge in [0.2, 0.25) is 0 Å². The van der Waals surface area contributed by atoms with E-state index < -0.39 is 18.1 Å². The van der Waals surface area contributed by atoms with Crippen LogP contribution < -0.4 is 5.73 Å². The molecule has 0 aromatic rings. The molecule has 0 heterocycles. The molecule has 5 heteroatoms. The number of halogens is 1. The van der Waals surface area contributed by atoms with Gasteiger partial charge in [-0.05, 0) is 25.2 Å². The summed E-state index contributed by atoms with van der Waals surface area (Å²) in [5.74, 6) is -0.103. The predicted octanol–water partition coefficient (Wildman–Crippen LogP) is 0.460. The number of aliphatic hydroxyl groups is 1. The maximum absolute atomic E-state index is 10.9. The maximum atomic E-state index is 10.9. The standard InChI is InChI=1S/C9H17NO3.ClH/c1-13-9(12)7(10)5-8(11)6-3-2-4-6;/h6-8,11H,2-5,10H2,1H3;1H. The van der Waals surface area contributed by atoms with Crippen LogP contribution in [0.4, 0.5) is 0 Å². The largest absolute Gasteiger partial charge is 0.468 e. The van der Waals surface area contributed by atoms with Gasteiger partial charge in [-0.2, -0.15) is 0 Å². The van der Waals surface area contributed by atoms with Gasteiger partial charge in [-0.1, -0.05) is 6.42 Å². The third kappa shape index (κ3) is 3.44. The third-order valence-corrected chi connectivity index (χ3v) is 2.69. The summed E-state index contributed by atoms with van der Waals surface area (Å²) in [6.07, 6.45) is 3.15. The molecule has 0 saturated heterocycles. The Bertz CT molecular complexity index is 185. The van der Waals surface area contributed by atoms with Crippen LogP contribution in [-0.4, -0.2) is 30.3 Å². The Hall–Kier alpha value is -0.320. The maximum Gasteiger partial charge on any atom is 0.322 e. The van der Waals surface area contributed by atoms with Gasteiger partial charge in [0.1, 0.15) is 6.04 Å². The van der Waals surface area contributed by atoms with Gasteiger partial charge in [-0.25, -0.2) is 0 Å². The van der Waals surface area contributed by atoms with E-state index in [1.807, 2.05) is 0 Å². The molecule has 0 aromatic heterocycles. The highest BCUT2D eigenvalue weighted by atomic mass is 35.5. The minimum atomic E-state index is -0.680. The molecule has 0 radical (unpaired) electrons. The van der Waals surface area contributed by atoms with Crippen molar-refractivity contribution in [1.82, 2.24) is 0 Å². The first-order valence-electron chi connectivity index (χ1n) is 4.66. The zero-order valence-corrected chi connectivity index (χ0v) is 9.13. The average Bonchev–Trinajstić information content (AvgIpc) is 1.99. The molecule has 4 nitrogen and oxygen atoms in total. The summed E-state index contributed by atoms with van der Waals surface area (Å²) in [7, 11) is 1.30. The van der Waals surface area contributed by atoms with Crippen molar-refractivity contribution in [3.05, 3.63) is 0 Å². The lowest BCUT2D eigenvalue weighted by atomic mass is 9.79. The Balaban J connectivity index is 0.00000169. The monoisotopic (exact) mass is 223 g/mol. The fourth-order valence-corrected chi connectivity index (χ4v) is 1.52. The zero-order valence-electron chi connectivity index (χ0n) is 8.31. The SMILES string of the molecule is COC(=O)C(N)CC(O)C1CCC1.Cl. The highest BCUT2D eigenvalue weighted by Crippen LogP contribution is 2.31. The molecule has 1 aliphatic carbocycles. The lowest BCUT2D eigenvalue weighted by Crippen LogP contribution is -2.39. The van der Waals surface area contributed by atoms with Crippen molar-refractivity contribution in [2.24, 2.45) is 11.7 Å². The van der Waals surface area contributed by atoms with E-state index in [2.05, 4.69) is 4.74 Å². The molecule has 1 aliphatic rings. The number of aliphatic hydroxyl groups excluding tert-OH is 1. The number of carbonyl (C=O) groups excluding carboxylic acids is 1. The van der Waals surface area contributed by atoms with E-state index in [1.54, 1.807) is 0 Å². The van der Waals surface area contributed by atoms with Crippen LogP contribution in [0.1, 0.15) is 25.7 Å². The molecule has 1 fully saturated rings. The molecule has 3 N–H and O–H groups in total. The van der Waals surface area contributed by atoms with Crippen molar-refractivity contribution in [1.29, 1.82) is 0 Å². The fraction of sp³-hybridized carbons (Fsp3) is 0.889. The topological polar surface area (TPSA) is 72.5 Å². The van der Waals surface area contributed by atoms with Crippen molar-refractivity contribution < 1.29 is 14.6 Å². The minimum Gasteiger partial charge on any atom is -0.468 e. The van der Waals surface area contributed by atoms with Crippen LogP contribution >= 0.6 is 12.4 Å². The van der Waals surface area contributed by atoms with E-state index in [9.17, 15) is 9.90 Å². The second-order valence-electron chi connectivity index (χ2n) is 3.62. The van der Waals surface area contributed by atoms with Crippen molar-refractivity contribution in [2.75, 3.05) is 7.11 Å². The minimum absolute atomic E-state index is 0. The number of nitrogens with two attached hydrogens (primary N) is 1. The van der Waals surface area contributed by atoms with Crippen molar-refractivity contribution in [3.8, 4) is 0 Å². The van der Waals surface area contributed by atoms with Gasteiger partial charge in [0.25, 0.3) is 0 Å². The van der Waals surface area contributed by atoms with Gasteiger partial charge in [0.15, 0.2) is 0 Å². The summed E-state index contributed by atoms with van der Waals surface area (Å²) in [5, 5.41) is 9.60. The van der Waals surface area contributed by atoms with Crippen LogP contribution in [0.15, 0.2) is 0 Å². The lowest BCUT2D eigenvalue weighted by molar-refractivity contribution is -0.143. The summed E-state index contributed by atoms with van der Waals surface area (Å²) in [6.45, 7) is 0. The highest BCUT2D eigenvalue weighted by Gasteiger charge is 2.28. The number of rotatable bonds is 4. The van der Waals surface area contributed by atoms with Gasteiger partial charge in [-0.15, -0.1) is 12.4 Å². The van der Waals surface area contributed by atoms with Gasteiger partial charge in [-0.3, -0.25) is 4.79 Å². The number of esters is 1. The summed E-state index contributed by atoms with van der Waals surface area (Å²) in [5.41, 5.74) is 5.51. The van der Waals surface area contributed by atoms with Crippen LogP contribution in [0.25, 0.3) is 0 Å². The first-order chi connectivity index (χ1) is 6.15. The summed E-state index contributed by atoms with van der Waals surface area (Å²) >= 11 is 0. The molecule has 2 unspecified atom stereocenters. The van der Waals surface area contributed by atoms with E-state index in [4.69, 9.17) is 5.73 Å². The van der Waals surface area contributed by atoms with Gasteiger partial charge in [0, 0.05) is 0 Å². The van der Waals surface area contributed by atoms with Crippen LogP contribution in [-0.2, 0) is 9.53 Å². The third-order valence-electron chi connectivity index (χ3n) is 2.69. The Morgan fingerprint density at radius 1 is 1.64 bits per heavy atom. The van der Waals surface area contributed by atoms with E-state index in [-0.39, 0.29) is 12.4 Å². The molecule has 0 aliphatic heterocycles. The van der Waals surface area contributed by atoms with E-state index >= 15 is 0 Å². The molecule has 0 aromatic carbocycles. The van der Waals surface area contributed by atoms with E-state index in [0.29, 0.717) is 12.3 Å². The molecule has 84 valence electrons. The predicted molar refractivity (Wildman–Crippen MR) is 55.2 cm³/mol. The zero-order chi connectivity index (χ0) is 9.84. The molecule has 0 spiro atoms. The first-order valence-corrected chi connectivity index (χ1v) is 4.66. The lowest BCUT2D eigenvalue weighted by Gasteiger charge is -2.31. The fourth-order valence-electron chi connectivity index (χ4n) is 1.52. The highest BCUT2D eigenvalue weighted by molar-refractivity contribution is 5.85. The van der Waals surface area contributed by atoms with Gasteiger partial charge >= 0.3 is 5.97 Å². The first kappa shape index (κ1) is 13.7. The Kier molecular flexibility index (Phi) is 6.08. The average molecular weight is 224 g/mol. The summed E-state index contributed by atoms with van der Waals surface area (Å²) in [4.78, 5) is 10.9. The Morgan fingerprint density at radius 3 is 2.57 bits per heavy atom. The number of hydrogen-bond acceptors (Lipinski definition) is 4. The van der Waals surface area contributed by atoms with Crippen molar-refractivity contribution in [3.63, 3.8) is 0 Å². The second-order valence-corrected chi connectivity index (χ2v) is 3.62. The van der Waals surface area contributed by atoms with Gasteiger partial charge in [0.05, 0.1) is 13.2 Å². The molecular weight excluding hydrogens is 206 g/mol. The number of hydrogen-bond donors (Lipinski definition) is 2. The van der Waals surface area contributed by atoms with E-state index in [1.165, 1.54) is 13.5 Å². The van der Waals surface area contributed by atoms with E-state index in [0.717, 1.165) is 12.8 Å². The van der Waals surface area contributed by atoms with Crippen molar-refractivity contribution in [2.45, 2.75) is 37.8 Å². The van der Waals surface area contributed by atoms with Gasteiger partial charge < -0.3 is 15.6 Å². The normalized spacial score (nSPS) is 20.2. The van der Waals surface area contributed by atoms with Crippen LogP contribution in [0, 0.1) is 5.92 Å². The molecular formula is C9H18ClNO3. The molecule has 1 rings (SSSR count). The molecule has 2 atom stereocenters. The number of ether oxygens (including phenoxy) is 1. The molecule has 1 saturated carbocycles. The molecule has 0 amide bonds. The van der Waals surface area contributed by atoms with Crippen LogP contribution in [0.5, 0.6) is 0 Å². The van der Waals surface area contributed by atoms with Crippen LogP contribution in [0.2, 0.25) is 0 Å². The summed E-state index contributed by atoms with van der Waals surface area (Å²) in [6, 6.07) is -0.680. The Labute approximate surface area is 90.2 Å². The second kappa shape index (κ2) is 6.22. The van der Waals surface area contributed by atoms with Crippen molar-refractivity contribution >= 4 is 18.4 Å². The molecule has 0 bridgehead atoms. The number of methoxy groups -OCH3 is 1. The molecule has 14 heavy (non-hydrogen) atoms. The smallest absolute Gasteiger partial charge is 0.322 e. The van der Waals surface area contributed by atoms with Crippen LogP contribution in [0.3, 0.4) is 0 Å².